The topological polar surface area (TPSA) is 64.6 Å². The molecule has 0 bridgehead atoms. The van der Waals surface area contributed by atoms with Gasteiger partial charge in [-0.05, 0) is 47.0 Å². The summed E-state index contributed by atoms with van der Waals surface area (Å²) in [4.78, 5) is 23.1. The molecule has 0 saturated heterocycles. The van der Waals surface area contributed by atoms with Crippen LogP contribution in [-0.2, 0) is 14.3 Å². The minimum absolute atomic E-state index is 0.00857. The zero-order chi connectivity index (χ0) is 13.8. The van der Waals surface area contributed by atoms with Gasteiger partial charge in [0.25, 0.3) is 0 Å². The summed E-state index contributed by atoms with van der Waals surface area (Å²) in [6.45, 7) is 7.66. The monoisotopic (exact) mass is 257 g/mol. The Morgan fingerprint density at radius 1 is 1.28 bits per heavy atom. The molecular formula is C13H23NO4. The van der Waals surface area contributed by atoms with Crippen LogP contribution in [0.3, 0.4) is 0 Å². The molecule has 5 nitrogen and oxygen atoms in total. The van der Waals surface area contributed by atoms with Gasteiger partial charge in [0, 0.05) is 6.04 Å². The zero-order valence-electron chi connectivity index (χ0n) is 11.6. The van der Waals surface area contributed by atoms with Crippen molar-refractivity contribution in [2.45, 2.75) is 58.6 Å². The van der Waals surface area contributed by atoms with Crippen LogP contribution in [0.15, 0.2) is 0 Å². The average Bonchev–Trinajstić information content (AvgIpc) is 2.63. The molecule has 0 heterocycles. The molecule has 18 heavy (non-hydrogen) atoms. The van der Waals surface area contributed by atoms with Crippen molar-refractivity contribution >= 4 is 12.1 Å². The maximum atomic E-state index is 11.6. The second-order valence-electron chi connectivity index (χ2n) is 5.61. The van der Waals surface area contributed by atoms with E-state index in [-0.39, 0.29) is 17.9 Å². The van der Waals surface area contributed by atoms with Crippen molar-refractivity contribution in [3.05, 3.63) is 0 Å². The predicted octanol–water partition coefficient (Wildman–Crippen LogP) is 2.24. The maximum Gasteiger partial charge on any atom is 0.407 e. The van der Waals surface area contributed by atoms with E-state index in [0.29, 0.717) is 13.0 Å². The van der Waals surface area contributed by atoms with Crippen molar-refractivity contribution in [1.82, 2.24) is 5.32 Å². The van der Waals surface area contributed by atoms with Gasteiger partial charge in [-0.1, -0.05) is 0 Å². The minimum Gasteiger partial charge on any atom is -0.466 e. The summed E-state index contributed by atoms with van der Waals surface area (Å²) >= 11 is 0. The normalized spacial score (nSPS) is 23.6. The molecule has 2 atom stereocenters. The van der Waals surface area contributed by atoms with Crippen molar-refractivity contribution < 1.29 is 19.1 Å². The predicted molar refractivity (Wildman–Crippen MR) is 67.1 cm³/mol. The molecule has 0 radical (unpaired) electrons. The Balaban J connectivity index is 2.34. The molecule has 1 amide bonds. The van der Waals surface area contributed by atoms with Crippen LogP contribution < -0.4 is 5.32 Å². The average molecular weight is 257 g/mol. The second-order valence-corrected chi connectivity index (χ2v) is 5.61. The number of esters is 1. The quantitative estimate of drug-likeness (QED) is 0.787. The number of carbonyl (C=O) groups excluding carboxylic acids is 2. The standard InChI is InChI=1S/C13H23NO4/c1-5-17-11(15)9-6-7-10(8-9)14-12(16)18-13(2,3)4/h9-10H,5-8H2,1-4H3,(H,14,16). The summed E-state index contributed by atoms with van der Waals surface area (Å²) in [6.07, 6.45) is 1.78. The van der Waals surface area contributed by atoms with Crippen LogP contribution >= 0.6 is 0 Å². The third-order valence-corrected chi connectivity index (χ3v) is 2.77. The van der Waals surface area contributed by atoms with Gasteiger partial charge < -0.3 is 14.8 Å². The lowest BCUT2D eigenvalue weighted by molar-refractivity contribution is -0.147. The van der Waals surface area contributed by atoms with E-state index in [1.165, 1.54) is 0 Å². The highest BCUT2D eigenvalue weighted by Crippen LogP contribution is 2.26. The summed E-state index contributed by atoms with van der Waals surface area (Å²) in [6, 6.07) is 0.00857. The number of hydrogen-bond acceptors (Lipinski definition) is 4. The number of rotatable bonds is 3. The molecule has 0 spiro atoms. The van der Waals surface area contributed by atoms with Crippen molar-refractivity contribution in [3.63, 3.8) is 0 Å². The molecule has 1 N–H and O–H groups in total. The van der Waals surface area contributed by atoms with E-state index in [2.05, 4.69) is 5.32 Å². The number of alkyl carbamates (subject to hydrolysis) is 1. The fourth-order valence-electron chi connectivity index (χ4n) is 2.06. The smallest absolute Gasteiger partial charge is 0.407 e. The molecule has 1 aliphatic carbocycles. The van der Waals surface area contributed by atoms with Crippen molar-refractivity contribution in [3.8, 4) is 0 Å². The van der Waals surface area contributed by atoms with Crippen LogP contribution in [0.4, 0.5) is 4.79 Å². The Morgan fingerprint density at radius 2 is 1.94 bits per heavy atom. The van der Waals surface area contributed by atoms with Gasteiger partial charge in [0.05, 0.1) is 12.5 Å². The van der Waals surface area contributed by atoms with E-state index < -0.39 is 11.7 Å². The molecule has 2 unspecified atom stereocenters. The van der Waals surface area contributed by atoms with E-state index in [9.17, 15) is 9.59 Å². The van der Waals surface area contributed by atoms with Crippen LogP contribution in [0.1, 0.15) is 47.0 Å². The van der Waals surface area contributed by atoms with E-state index in [1.54, 1.807) is 6.92 Å². The van der Waals surface area contributed by atoms with Gasteiger partial charge >= 0.3 is 12.1 Å². The number of ether oxygens (including phenoxy) is 2. The number of hydrogen-bond donors (Lipinski definition) is 1. The Bertz CT molecular complexity index is 309. The fourth-order valence-corrected chi connectivity index (χ4v) is 2.06. The van der Waals surface area contributed by atoms with Crippen LogP contribution in [0.2, 0.25) is 0 Å². The van der Waals surface area contributed by atoms with Gasteiger partial charge in [0.2, 0.25) is 0 Å². The van der Waals surface area contributed by atoms with Gasteiger partial charge in [-0.15, -0.1) is 0 Å². The van der Waals surface area contributed by atoms with Crippen molar-refractivity contribution in [2.75, 3.05) is 6.61 Å². The minimum atomic E-state index is -0.497. The van der Waals surface area contributed by atoms with Crippen LogP contribution in [0, 0.1) is 5.92 Å². The van der Waals surface area contributed by atoms with Gasteiger partial charge in [0.15, 0.2) is 0 Å². The molecule has 0 aromatic carbocycles. The van der Waals surface area contributed by atoms with E-state index in [4.69, 9.17) is 9.47 Å². The molecule has 5 heteroatoms. The lowest BCUT2D eigenvalue weighted by Gasteiger charge is -2.21. The summed E-state index contributed by atoms with van der Waals surface area (Å²) in [5.41, 5.74) is -0.497. The first-order valence-corrected chi connectivity index (χ1v) is 6.48. The summed E-state index contributed by atoms with van der Waals surface area (Å²) in [5.74, 6) is -0.254. The number of nitrogens with one attached hydrogen (secondary N) is 1. The molecule has 104 valence electrons. The Kier molecular flexibility index (Phi) is 4.99. The fraction of sp³-hybridized carbons (Fsp3) is 0.846. The summed E-state index contributed by atoms with van der Waals surface area (Å²) in [5, 5.41) is 2.79. The van der Waals surface area contributed by atoms with Crippen LogP contribution in [-0.4, -0.2) is 30.3 Å². The largest absolute Gasteiger partial charge is 0.466 e. The first-order valence-electron chi connectivity index (χ1n) is 6.48. The molecule has 1 fully saturated rings. The first-order chi connectivity index (χ1) is 8.31. The van der Waals surface area contributed by atoms with E-state index in [0.717, 1.165) is 12.8 Å². The second kappa shape index (κ2) is 6.07. The molecular weight excluding hydrogens is 234 g/mol. The lowest BCUT2D eigenvalue weighted by atomic mass is 10.1. The molecule has 1 rings (SSSR count). The number of carbonyl (C=O) groups is 2. The van der Waals surface area contributed by atoms with E-state index >= 15 is 0 Å². The van der Waals surface area contributed by atoms with Gasteiger partial charge in [0.1, 0.15) is 5.60 Å². The SMILES string of the molecule is CCOC(=O)C1CCC(NC(=O)OC(C)(C)C)C1. The molecule has 1 saturated carbocycles. The molecule has 0 aromatic heterocycles. The van der Waals surface area contributed by atoms with E-state index in [1.807, 2.05) is 20.8 Å². The number of amides is 1. The summed E-state index contributed by atoms with van der Waals surface area (Å²) in [7, 11) is 0. The Hall–Kier alpha value is -1.26. The van der Waals surface area contributed by atoms with Gasteiger partial charge in [-0.3, -0.25) is 4.79 Å². The zero-order valence-corrected chi connectivity index (χ0v) is 11.6. The van der Waals surface area contributed by atoms with Crippen molar-refractivity contribution in [1.29, 1.82) is 0 Å². The third kappa shape index (κ3) is 4.94. The molecule has 0 aliphatic heterocycles. The highest BCUT2D eigenvalue weighted by Gasteiger charge is 2.32. The first kappa shape index (κ1) is 14.8. The third-order valence-electron chi connectivity index (χ3n) is 2.77. The van der Waals surface area contributed by atoms with Gasteiger partial charge in [-0.2, -0.15) is 0 Å². The molecule has 0 aromatic rings. The van der Waals surface area contributed by atoms with Crippen molar-refractivity contribution in [2.24, 2.45) is 5.92 Å². The van der Waals surface area contributed by atoms with Crippen LogP contribution in [0.25, 0.3) is 0 Å². The Labute approximate surface area is 108 Å². The lowest BCUT2D eigenvalue weighted by Crippen LogP contribution is -2.38. The Morgan fingerprint density at radius 3 is 2.50 bits per heavy atom. The molecule has 1 aliphatic rings. The highest BCUT2D eigenvalue weighted by molar-refractivity contribution is 5.73. The van der Waals surface area contributed by atoms with Gasteiger partial charge in [-0.25, -0.2) is 4.79 Å². The maximum absolute atomic E-state index is 11.6. The summed E-state index contributed by atoms with van der Waals surface area (Å²) < 4.78 is 10.2. The highest BCUT2D eigenvalue weighted by atomic mass is 16.6. The van der Waals surface area contributed by atoms with Crippen LogP contribution in [0.5, 0.6) is 0 Å².